The Morgan fingerprint density at radius 1 is 1.10 bits per heavy atom. The normalized spacial score (nSPS) is 10.3. The van der Waals surface area contributed by atoms with Crippen LogP contribution in [0.1, 0.15) is 5.56 Å². The van der Waals surface area contributed by atoms with E-state index < -0.39 is 11.8 Å². The quantitative estimate of drug-likeness (QED) is 0.353. The summed E-state index contributed by atoms with van der Waals surface area (Å²) in [5.41, 5.74) is 5.43. The summed E-state index contributed by atoms with van der Waals surface area (Å²) in [6, 6.07) is 11.8. The molecule has 7 nitrogen and oxygen atoms in total. The second-order valence-corrected chi connectivity index (χ2v) is 6.68. The molecule has 0 spiro atoms. The third-order valence-corrected chi connectivity index (χ3v) is 4.09. The summed E-state index contributed by atoms with van der Waals surface area (Å²) in [5, 5.41) is 3.04. The predicted octanol–water partition coefficient (Wildman–Crippen LogP) is 3.12. The van der Waals surface area contributed by atoms with Crippen LogP contribution in [0.15, 0.2) is 48.5 Å². The van der Waals surface area contributed by atoms with Gasteiger partial charge in [-0.3, -0.25) is 25.8 Å². The molecule has 0 saturated carbocycles. The minimum absolute atomic E-state index is 0.0856. The van der Waals surface area contributed by atoms with Gasteiger partial charge in [0.05, 0.1) is 12.1 Å². The summed E-state index contributed by atoms with van der Waals surface area (Å²) < 4.78 is 10.5. The molecule has 2 aromatic carbocycles. The van der Waals surface area contributed by atoms with Crippen LogP contribution in [0, 0.1) is 0 Å². The van der Waals surface area contributed by atoms with E-state index in [1.807, 2.05) is 12.1 Å². The third-order valence-electron chi connectivity index (χ3n) is 3.36. The number of thiocarbonyl (C=S) groups is 1. The number of halogens is 2. The molecule has 10 heteroatoms. The van der Waals surface area contributed by atoms with E-state index in [4.69, 9.17) is 44.9 Å². The largest absolute Gasteiger partial charge is 0.496 e. The fourth-order valence-electron chi connectivity index (χ4n) is 2.05. The Balaban J connectivity index is 1.75. The van der Waals surface area contributed by atoms with Crippen LogP contribution in [0.4, 0.5) is 0 Å². The van der Waals surface area contributed by atoms with Crippen LogP contribution in [0.2, 0.25) is 10.0 Å². The first-order valence-electron chi connectivity index (χ1n) is 8.18. The molecule has 3 N–H and O–H groups in total. The number of carbonyl (C=O) groups excluding carboxylic acids is 2. The molecular formula is C19H17Cl2N3O4S. The molecule has 0 heterocycles. The molecule has 0 unspecified atom stereocenters. The number of ether oxygens (including phenoxy) is 2. The third kappa shape index (κ3) is 7.61. The Bertz CT molecular complexity index is 937. The van der Waals surface area contributed by atoms with Crippen molar-refractivity contribution in [3.05, 3.63) is 64.1 Å². The number of rotatable bonds is 6. The standard InChI is InChI=1S/C19H17Cl2N3O4S/c1-27-15-5-3-2-4-12(15)6-9-17(25)22-19(29)24-23-18(26)11-28-16-8-7-13(20)10-14(16)21/h2-10H,11H2,1H3,(H,23,26)(H2,22,24,25,29)/b9-6+. The van der Waals surface area contributed by atoms with Crippen LogP contribution >= 0.6 is 35.4 Å². The van der Waals surface area contributed by atoms with Crippen molar-refractivity contribution in [1.82, 2.24) is 16.2 Å². The SMILES string of the molecule is COc1ccccc1/C=C/C(=O)NC(=S)NNC(=O)COc1ccc(Cl)cc1Cl. The zero-order valence-corrected chi connectivity index (χ0v) is 17.5. The topological polar surface area (TPSA) is 88.7 Å². The highest BCUT2D eigenvalue weighted by Gasteiger charge is 2.08. The highest BCUT2D eigenvalue weighted by Crippen LogP contribution is 2.27. The van der Waals surface area contributed by atoms with Crippen molar-refractivity contribution >= 4 is 58.4 Å². The highest BCUT2D eigenvalue weighted by atomic mass is 35.5. The van der Waals surface area contributed by atoms with Crippen molar-refractivity contribution < 1.29 is 19.1 Å². The van der Waals surface area contributed by atoms with Gasteiger partial charge in [0.25, 0.3) is 5.91 Å². The fraction of sp³-hybridized carbons (Fsp3) is 0.105. The highest BCUT2D eigenvalue weighted by molar-refractivity contribution is 7.80. The van der Waals surface area contributed by atoms with E-state index >= 15 is 0 Å². The summed E-state index contributed by atoms with van der Waals surface area (Å²) in [4.78, 5) is 23.7. The van der Waals surface area contributed by atoms with Gasteiger partial charge in [-0.2, -0.15) is 0 Å². The number of hydrogen-bond donors (Lipinski definition) is 3. The van der Waals surface area contributed by atoms with Crippen molar-refractivity contribution in [2.45, 2.75) is 0 Å². The van der Waals surface area contributed by atoms with Crippen molar-refractivity contribution in [2.24, 2.45) is 0 Å². The number of methoxy groups -OCH3 is 1. The van der Waals surface area contributed by atoms with Gasteiger partial charge in [-0.1, -0.05) is 41.4 Å². The van der Waals surface area contributed by atoms with Crippen LogP contribution in [0.3, 0.4) is 0 Å². The van der Waals surface area contributed by atoms with E-state index in [0.29, 0.717) is 16.5 Å². The van der Waals surface area contributed by atoms with Crippen LogP contribution < -0.4 is 25.6 Å². The molecule has 0 atom stereocenters. The van der Waals surface area contributed by atoms with Crippen molar-refractivity contribution in [1.29, 1.82) is 0 Å². The first-order chi connectivity index (χ1) is 13.9. The fourth-order valence-corrected chi connectivity index (χ4v) is 2.67. The molecule has 0 aliphatic heterocycles. The second-order valence-electron chi connectivity index (χ2n) is 5.43. The maximum atomic E-state index is 11.9. The number of amides is 2. The lowest BCUT2D eigenvalue weighted by atomic mass is 10.2. The van der Waals surface area contributed by atoms with Gasteiger partial charge in [0.2, 0.25) is 5.91 Å². The first-order valence-corrected chi connectivity index (χ1v) is 9.34. The molecule has 0 bridgehead atoms. The average Bonchev–Trinajstić information content (AvgIpc) is 2.70. The molecule has 2 aromatic rings. The van der Waals surface area contributed by atoms with E-state index in [1.54, 1.807) is 37.5 Å². The Labute approximate surface area is 182 Å². The molecule has 0 aromatic heterocycles. The number of para-hydroxylation sites is 1. The number of hydrazine groups is 1. The lowest BCUT2D eigenvalue weighted by Gasteiger charge is -2.11. The van der Waals surface area contributed by atoms with Gasteiger partial charge < -0.3 is 9.47 Å². The summed E-state index contributed by atoms with van der Waals surface area (Å²) >= 11 is 16.7. The maximum absolute atomic E-state index is 11.9. The Morgan fingerprint density at radius 3 is 2.59 bits per heavy atom. The lowest BCUT2D eigenvalue weighted by Crippen LogP contribution is -2.49. The molecule has 2 rings (SSSR count). The van der Waals surface area contributed by atoms with Gasteiger partial charge in [-0.25, -0.2) is 0 Å². The molecule has 2 amide bonds. The van der Waals surface area contributed by atoms with Gasteiger partial charge >= 0.3 is 0 Å². The number of benzene rings is 2. The van der Waals surface area contributed by atoms with E-state index in [1.165, 1.54) is 12.1 Å². The molecule has 0 aliphatic rings. The summed E-state index contributed by atoms with van der Waals surface area (Å²) in [6.07, 6.45) is 2.87. The first kappa shape index (κ1) is 22.5. The smallest absolute Gasteiger partial charge is 0.276 e. The summed E-state index contributed by atoms with van der Waals surface area (Å²) in [7, 11) is 1.54. The van der Waals surface area contributed by atoms with Gasteiger partial charge in [-0.15, -0.1) is 0 Å². The summed E-state index contributed by atoms with van der Waals surface area (Å²) in [6.45, 7) is -0.321. The Hall–Kier alpha value is -2.81. The number of carbonyl (C=O) groups is 2. The lowest BCUT2D eigenvalue weighted by molar-refractivity contribution is -0.123. The van der Waals surface area contributed by atoms with Gasteiger partial charge in [0, 0.05) is 16.7 Å². The van der Waals surface area contributed by atoms with Crippen molar-refractivity contribution in [3.63, 3.8) is 0 Å². The molecule has 0 saturated heterocycles. The number of nitrogens with one attached hydrogen (secondary N) is 3. The second kappa shape index (κ2) is 11.3. The van der Waals surface area contributed by atoms with E-state index in [9.17, 15) is 9.59 Å². The minimum atomic E-state index is -0.530. The molecule has 0 radical (unpaired) electrons. The van der Waals surface area contributed by atoms with Crippen LogP contribution in [-0.4, -0.2) is 30.6 Å². The molecule has 0 aliphatic carbocycles. The van der Waals surface area contributed by atoms with Gasteiger partial charge in [0.1, 0.15) is 11.5 Å². The zero-order valence-electron chi connectivity index (χ0n) is 15.2. The van der Waals surface area contributed by atoms with Gasteiger partial charge in [0.15, 0.2) is 11.7 Å². The minimum Gasteiger partial charge on any atom is -0.496 e. The molecule has 152 valence electrons. The summed E-state index contributed by atoms with van der Waals surface area (Å²) in [5.74, 6) is -0.0714. The van der Waals surface area contributed by atoms with E-state index in [-0.39, 0.29) is 16.7 Å². The van der Waals surface area contributed by atoms with Crippen molar-refractivity contribution in [2.75, 3.05) is 13.7 Å². The van der Waals surface area contributed by atoms with Crippen molar-refractivity contribution in [3.8, 4) is 11.5 Å². The molecule has 29 heavy (non-hydrogen) atoms. The maximum Gasteiger partial charge on any atom is 0.276 e. The molecule has 0 fully saturated rings. The molecular weight excluding hydrogens is 437 g/mol. The van der Waals surface area contributed by atoms with Gasteiger partial charge in [-0.05, 0) is 42.6 Å². The van der Waals surface area contributed by atoms with E-state index in [0.717, 1.165) is 5.56 Å². The Kier molecular flexibility index (Phi) is 8.72. The zero-order chi connectivity index (χ0) is 21.2. The predicted molar refractivity (Wildman–Crippen MR) is 116 cm³/mol. The van der Waals surface area contributed by atoms with Crippen LogP contribution in [0.5, 0.6) is 11.5 Å². The van der Waals surface area contributed by atoms with Crippen LogP contribution in [0.25, 0.3) is 6.08 Å². The monoisotopic (exact) mass is 453 g/mol. The van der Waals surface area contributed by atoms with E-state index in [2.05, 4.69) is 16.2 Å². The van der Waals surface area contributed by atoms with Crippen LogP contribution in [-0.2, 0) is 9.59 Å². The number of hydrogen-bond acceptors (Lipinski definition) is 5. The average molecular weight is 454 g/mol. The Morgan fingerprint density at radius 2 is 1.86 bits per heavy atom.